The highest BCUT2D eigenvalue weighted by Crippen LogP contribution is 2.25. The maximum absolute atomic E-state index is 13.0. The number of nitrogens with one attached hydrogen (secondary N) is 1. The number of carbonyl (C=O) groups excluding carboxylic acids is 1. The Labute approximate surface area is 201 Å². The molecule has 0 unspecified atom stereocenters. The van der Waals surface area contributed by atoms with E-state index in [1.165, 1.54) is 4.40 Å². The van der Waals surface area contributed by atoms with Crippen LogP contribution in [-0.2, 0) is 17.8 Å². The molecule has 35 heavy (non-hydrogen) atoms. The van der Waals surface area contributed by atoms with Crippen molar-refractivity contribution in [3.63, 3.8) is 0 Å². The number of rotatable bonds is 6. The van der Waals surface area contributed by atoms with Gasteiger partial charge in [0.2, 0.25) is 11.7 Å². The van der Waals surface area contributed by atoms with Crippen LogP contribution in [0.4, 0.5) is 5.69 Å². The predicted octanol–water partition coefficient (Wildman–Crippen LogP) is 4.03. The molecule has 2 aromatic carbocycles. The topological polar surface area (TPSA) is 107 Å². The first kappa shape index (κ1) is 22.3. The van der Waals surface area contributed by atoms with Crippen LogP contribution < -0.4 is 11.0 Å². The van der Waals surface area contributed by atoms with Crippen molar-refractivity contribution in [3.05, 3.63) is 88.0 Å². The van der Waals surface area contributed by atoms with Gasteiger partial charge in [-0.2, -0.15) is 4.98 Å². The third kappa shape index (κ3) is 4.23. The molecule has 9 nitrogen and oxygen atoms in total. The molecule has 1 N–H and O–H groups in total. The summed E-state index contributed by atoms with van der Waals surface area (Å²) in [5.41, 5.74) is 5.07. The highest BCUT2D eigenvalue weighted by Gasteiger charge is 2.19. The van der Waals surface area contributed by atoms with Crippen LogP contribution >= 0.6 is 0 Å². The number of benzene rings is 2. The molecule has 0 radical (unpaired) electrons. The molecule has 0 saturated carbocycles. The SMILES string of the molecule is CCc1cccc(C)c1NC(=O)Cn1nc2c(-c3nc(-c4cccc(C)c4)no3)cccn2c1=O. The van der Waals surface area contributed by atoms with E-state index in [0.29, 0.717) is 17.0 Å². The third-order valence-corrected chi connectivity index (χ3v) is 5.84. The van der Waals surface area contributed by atoms with Crippen LogP contribution in [0.2, 0.25) is 0 Å². The van der Waals surface area contributed by atoms with Crippen molar-refractivity contribution < 1.29 is 9.32 Å². The van der Waals surface area contributed by atoms with Crippen molar-refractivity contribution in [1.82, 2.24) is 24.3 Å². The van der Waals surface area contributed by atoms with Crippen LogP contribution in [0.3, 0.4) is 0 Å². The highest BCUT2D eigenvalue weighted by molar-refractivity contribution is 5.92. The van der Waals surface area contributed by atoms with Crippen LogP contribution in [0.5, 0.6) is 0 Å². The smallest absolute Gasteiger partial charge is 0.333 e. The van der Waals surface area contributed by atoms with Crippen LogP contribution in [-0.4, -0.2) is 30.2 Å². The van der Waals surface area contributed by atoms with Gasteiger partial charge in [-0.05, 0) is 49.6 Å². The van der Waals surface area contributed by atoms with Gasteiger partial charge in [-0.15, -0.1) is 5.10 Å². The number of aromatic nitrogens is 5. The first-order valence-corrected chi connectivity index (χ1v) is 11.3. The van der Waals surface area contributed by atoms with Gasteiger partial charge in [0.1, 0.15) is 6.54 Å². The number of nitrogens with zero attached hydrogens (tertiary/aromatic N) is 5. The van der Waals surface area contributed by atoms with Crippen LogP contribution in [0.1, 0.15) is 23.6 Å². The van der Waals surface area contributed by atoms with Crippen molar-refractivity contribution in [2.24, 2.45) is 0 Å². The lowest BCUT2D eigenvalue weighted by atomic mass is 10.1. The summed E-state index contributed by atoms with van der Waals surface area (Å²) in [5, 5.41) is 11.4. The lowest BCUT2D eigenvalue weighted by Crippen LogP contribution is -2.28. The van der Waals surface area contributed by atoms with E-state index in [0.717, 1.165) is 39.0 Å². The van der Waals surface area contributed by atoms with E-state index in [2.05, 4.69) is 20.6 Å². The molecule has 0 atom stereocenters. The maximum atomic E-state index is 13.0. The Hall–Kier alpha value is -4.53. The van der Waals surface area contributed by atoms with Crippen LogP contribution in [0, 0.1) is 13.8 Å². The van der Waals surface area contributed by atoms with E-state index >= 15 is 0 Å². The van der Waals surface area contributed by atoms with Crippen molar-refractivity contribution in [3.8, 4) is 22.8 Å². The first-order valence-electron chi connectivity index (χ1n) is 11.3. The van der Waals surface area contributed by atoms with E-state index in [1.807, 2.05) is 63.2 Å². The molecule has 0 bridgehead atoms. The van der Waals surface area contributed by atoms with Crippen molar-refractivity contribution in [2.45, 2.75) is 33.7 Å². The molecule has 1 amide bonds. The van der Waals surface area contributed by atoms with Crippen molar-refractivity contribution in [2.75, 3.05) is 5.32 Å². The van der Waals surface area contributed by atoms with Gasteiger partial charge >= 0.3 is 5.69 Å². The lowest BCUT2D eigenvalue weighted by Gasteiger charge is -2.12. The average Bonchev–Trinajstić information content (AvgIpc) is 3.46. The van der Waals surface area contributed by atoms with Gasteiger partial charge in [0.15, 0.2) is 5.65 Å². The Balaban J connectivity index is 1.46. The fourth-order valence-corrected chi connectivity index (χ4v) is 4.06. The van der Waals surface area contributed by atoms with E-state index < -0.39 is 5.69 Å². The number of fused-ring (bicyclic) bond motifs is 1. The number of pyridine rings is 1. The zero-order chi connectivity index (χ0) is 24.5. The minimum Gasteiger partial charge on any atom is -0.333 e. The second-order valence-electron chi connectivity index (χ2n) is 8.36. The van der Waals surface area contributed by atoms with E-state index in [9.17, 15) is 9.59 Å². The fourth-order valence-electron chi connectivity index (χ4n) is 4.06. The van der Waals surface area contributed by atoms with Gasteiger partial charge in [-0.3, -0.25) is 4.79 Å². The summed E-state index contributed by atoms with van der Waals surface area (Å²) >= 11 is 0. The van der Waals surface area contributed by atoms with Crippen molar-refractivity contribution >= 4 is 17.2 Å². The van der Waals surface area contributed by atoms with Gasteiger partial charge in [-0.1, -0.05) is 54.0 Å². The number of carbonyl (C=O) groups is 1. The number of aryl methyl sites for hydroxylation is 3. The van der Waals surface area contributed by atoms with Crippen molar-refractivity contribution in [1.29, 1.82) is 0 Å². The second-order valence-corrected chi connectivity index (χ2v) is 8.36. The normalized spacial score (nSPS) is 11.2. The lowest BCUT2D eigenvalue weighted by molar-refractivity contribution is -0.117. The molecule has 5 aromatic rings. The van der Waals surface area contributed by atoms with Crippen LogP contribution in [0.25, 0.3) is 28.5 Å². The fraction of sp³-hybridized carbons (Fsp3) is 0.192. The summed E-state index contributed by atoms with van der Waals surface area (Å²) < 4.78 is 8.00. The zero-order valence-corrected chi connectivity index (χ0v) is 19.6. The number of amides is 1. The Morgan fingerprint density at radius 3 is 2.71 bits per heavy atom. The highest BCUT2D eigenvalue weighted by atomic mass is 16.5. The summed E-state index contributed by atoms with van der Waals surface area (Å²) in [7, 11) is 0. The Morgan fingerprint density at radius 2 is 1.91 bits per heavy atom. The maximum Gasteiger partial charge on any atom is 0.350 e. The van der Waals surface area contributed by atoms with Gasteiger partial charge < -0.3 is 9.84 Å². The minimum atomic E-state index is -0.434. The van der Waals surface area contributed by atoms with E-state index in [-0.39, 0.29) is 18.3 Å². The van der Waals surface area contributed by atoms with Gasteiger partial charge in [0, 0.05) is 17.4 Å². The monoisotopic (exact) mass is 468 g/mol. The molecule has 0 saturated heterocycles. The summed E-state index contributed by atoms with van der Waals surface area (Å²) in [6, 6.07) is 17.1. The Bertz CT molecular complexity index is 1610. The molecule has 0 aliphatic heterocycles. The number of para-hydroxylation sites is 1. The quantitative estimate of drug-likeness (QED) is 0.403. The summed E-state index contributed by atoms with van der Waals surface area (Å²) in [6.07, 6.45) is 2.38. The summed E-state index contributed by atoms with van der Waals surface area (Å²) in [5.74, 6) is 0.346. The molecule has 0 aliphatic carbocycles. The molecule has 3 aromatic heterocycles. The molecule has 0 aliphatic rings. The standard InChI is InChI=1S/C26H24N6O3/c1-4-18-10-6-9-17(3)22(18)27-21(33)15-32-26(34)31-13-7-12-20(24(31)29-32)25-28-23(30-35-25)19-11-5-8-16(2)14-19/h5-14H,4,15H2,1-3H3,(H,27,33). The van der Waals surface area contributed by atoms with Gasteiger partial charge in [-0.25, -0.2) is 13.9 Å². The minimum absolute atomic E-state index is 0.226. The number of hydrogen-bond acceptors (Lipinski definition) is 6. The largest absolute Gasteiger partial charge is 0.350 e. The number of anilines is 1. The van der Waals surface area contributed by atoms with E-state index in [1.54, 1.807) is 18.3 Å². The Kier molecular flexibility index (Phi) is 5.74. The van der Waals surface area contributed by atoms with Crippen LogP contribution in [0.15, 0.2) is 70.1 Å². The summed E-state index contributed by atoms with van der Waals surface area (Å²) in [4.78, 5) is 30.3. The molecular formula is C26H24N6O3. The molecule has 0 spiro atoms. The van der Waals surface area contributed by atoms with Gasteiger partial charge in [0.25, 0.3) is 5.89 Å². The molecular weight excluding hydrogens is 444 g/mol. The molecule has 176 valence electrons. The molecule has 5 rings (SSSR count). The zero-order valence-electron chi connectivity index (χ0n) is 19.6. The van der Waals surface area contributed by atoms with Gasteiger partial charge in [0.05, 0.1) is 5.56 Å². The molecule has 3 heterocycles. The van der Waals surface area contributed by atoms with E-state index in [4.69, 9.17) is 4.52 Å². The molecule has 0 fully saturated rings. The first-order chi connectivity index (χ1) is 16.9. The third-order valence-electron chi connectivity index (χ3n) is 5.84. The average molecular weight is 469 g/mol. The Morgan fingerprint density at radius 1 is 1.09 bits per heavy atom. The second kappa shape index (κ2) is 9.02. The summed E-state index contributed by atoms with van der Waals surface area (Å²) in [6.45, 7) is 5.73. The predicted molar refractivity (Wildman–Crippen MR) is 132 cm³/mol. The number of hydrogen-bond donors (Lipinski definition) is 1. The molecule has 9 heteroatoms.